The van der Waals surface area contributed by atoms with Crippen LogP contribution in [-0.2, 0) is 10.0 Å². The summed E-state index contributed by atoms with van der Waals surface area (Å²) in [5.41, 5.74) is 2.12. The topological polar surface area (TPSA) is 37.4 Å². The molecule has 2 unspecified atom stereocenters. The second-order valence-electron chi connectivity index (χ2n) is 7.54. The Labute approximate surface area is 182 Å². The van der Waals surface area contributed by atoms with Crippen LogP contribution in [-0.4, -0.2) is 25.3 Å². The summed E-state index contributed by atoms with van der Waals surface area (Å²) < 4.78 is 28.4. The molecule has 2 aliphatic rings. The van der Waals surface area contributed by atoms with E-state index in [1.165, 1.54) is 0 Å². The molecule has 1 aliphatic carbocycles. The van der Waals surface area contributed by atoms with Crippen LogP contribution in [0.5, 0.6) is 0 Å². The zero-order valence-electron chi connectivity index (χ0n) is 16.0. The Hall–Kier alpha value is -1.59. The maximum absolute atomic E-state index is 13.4. The highest BCUT2D eigenvalue weighted by atomic mass is 35.5. The fourth-order valence-corrected chi connectivity index (χ4v) is 6.02. The van der Waals surface area contributed by atoms with Gasteiger partial charge in [0, 0.05) is 18.5 Å². The van der Waals surface area contributed by atoms with Crippen molar-refractivity contribution in [2.24, 2.45) is 0 Å². The fraction of sp³-hybridized carbons (Fsp3) is 0.304. The number of allylic oxidation sites excluding steroid dienone is 2. The van der Waals surface area contributed by atoms with Crippen molar-refractivity contribution in [3.8, 4) is 0 Å². The number of rotatable bonds is 3. The second kappa shape index (κ2) is 8.65. The van der Waals surface area contributed by atoms with Crippen molar-refractivity contribution in [1.82, 2.24) is 4.31 Å². The molecule has 4 rings (SSSR count). The van der Waals surface area contributed by atoms with Gasteiger partial charge in [0.2, 0.25) is 10.0 Å². The van der Waals surface area contributed by atoms with Crippen molar-refractivity contribution in [2.45, 2.75) is 42.5 Å². The van der Waals surface area contributed by atoms with Gasteiger partial charge < -0.3 is 0 Å². The molecule has 2 bridgehead atoms. The van der Waals surface area contributed by atoms with E-state index in [0.717, 1.165) is 36.8 Å². The van der Waals surface area contributed by atoms with Crippen LogP contribution in [0.15, 0.2) is 77.2 Å². The highest BCUT2D eigenvalue weighted by Gasteiger charge is 2.37. The zero-order valence-corrected chi connectivity index (χ0v) is 18.3. The third kappa shape index (κ3) is 4.31. The van der Waals surface area contributed by atoms with E-state index in [1.807, 2.05) is 18.2 Å². The molecule has 0 saturated heterocycles. The summed E-state index contributed by atoms with van der Waals surface area (Å²) in [6.07, 6.45) is 10.4. The Morgan fingerprint density at radius 3 is 2.52 bits per heavy atom. The van der Waals surface area contributed by atoms with Gasteiger partial charge >= 0.3 is 0 Å². The largest absolute Gasteiger partial charge is 0.243 e. The number of nitrogens with zero attached hydrogens (tertiary/aromatic N) is 1. The normalized spacial score (nSPS) is 24.1. The van der Waals surface area contributed by atoms with E-state index in [2.05, 4.69) is 18.2 Å². The Bertz CT molecular complexity index is 1050. The molecule has 2 atom stereocenters. The maximum Gasteiger partial charge on any atom is 0.243 e. The fourth-order valence-electron chi connectivity index (χ4n) is 4.10. The SMILES string of the molecule is O=S(=O)(c1ccccc1)N1CC2=CC1CCCC/C=C\C2c1ccc(Cl)c(Cl)c1. The number of hydrogen-bond acceptors (Lipinski definition) is 2. The van der Waals surface area contributed by atoms with Crippen LogP contribution >= 0.6 is 23.2 Å². The van der Waals surface area contributed by atoms with Gasteiger partial charge in [0.05, 0.1) is 14.9 Å². The van der Waals surface area contributed by atoms with Gasteiger partial charge in [-0.1, -0.05) is 72.1 Å². The monoisotopic (exact) mass is 447 g/mol. The van der Waals surface area contributed by atoms with E-state index in [1.54, 1.807) is 34.6 Å². The summed E-state index contributed by atoms with van der Waals surface area (Å²) in [5, 5.41) is 1.03. The van der Waals surface area contributed by atoms with E-state index < -0.39 is 10.0 Å². The van der Waals surface area contributed by atoms with E-state index in [4.69, 9.17) is 23.2 Å². The summed E-state index contributed by atoms with van der Waals surface area (Å²) in [4.78, 5) is 0.344. The van der Waals surface area contributed by atoms with Crippen molar-refractivity contribution < 1.29 is 8.42 Å². The predicted molar refractivity (Wildman–Crippen MR) is 119 cm³/mol. The number of benzene rings is 2. The number of hydrogen-bond donors (Lipinski definition) is 0. The van der Waals surface area contributed by atoms with Crippen LogP contribution in [0.25, 0.3) is 0 Å². The molecule has 0 saturated carbocycles. The van der Waals surface area contributed by atoms with Gasteiger partial charge in [-0.2, -0.15) is 4.31 Å². The van der Waals surface area contributed by atoms with Crippen LogP contribution in [0.4, 0.5) is 0 Å². The minimum atomic E-state index is -3.56. The van der Waals surface area contributed by atoms with Crippen LogP contribution in [0.1, 0.15) is 37.2 Å². The lowest BCUT2D eigenvalue weighted by Gasteiger charge is -2.24. The number of halogens is 2. The van der Waals surface area contributed by atoms with Gasteiger partial charge in [-0.15, -0.1) is 0 Å². The highest BCUT2D eigenvalue weighted by Crippen LogP contribution is 2.38. The van der Waals surface area contributed by atoms with Crippen LogP contribution in [0.3, 0.4) is 0 Å². The van der Waals surface area contributed by atoms with Crippen molar-refractivity contribution in [3.05, 3.63) is 87.9 Å². The molecule has 2 aromatic carbocycles. The second-order valence-corrected chi connectivity index (χ2v) is 10.2. The van der Waals surface area contributed by atoms with E-state index in [9.17, 15) is 8.42 Å². The van der Waals surface area contributed by atoms with E-state index in [0.29, 0.717) is 21.5 Å². The van der Waals surface area contributed by atoms with Crippen molar-refractivity contribution in [1.29, 1.82) is 0 Å². The molecule has 2 aromatic rings. The molecule has 152 valence electrons. The quantitative estimate of drug-likeness (QED) is 0.524. The van der Waals surface area contributed by atoms with Crippen LogP contribution in [0, 0.1) is 0 Å². The lowest BCUT2D eigenvalue weighted by atomic mass is 9.89. The highest BCUT2D eigenvalue weighted by molar-refractivity contribution is 7.89. The van der Waals surface area contributed by atoms with Crippen molar-refractivity contribution >= 4 is 33.2 Å². The molecule has 0 N–H and O–H groups in total. The van der Waals surface area contributed by atoms with Gasteiger partial charge in [-0.3, -0.25) is 0 Å². The molecule has 1 heterocycles. The first kappa shape index (κ1) is 20.7. The number of sulfonamides is 1. The summed E-state index contributed by atoms with van der Waals surface area (Å²) >= 11 is 12.4. The van der Waals surface area contributed by atoms with Crippen LogP contribution < -0.4 is 0 Å². The van der Waals surface area contributed by atoms with Crippen molar-refractivity contribution in [2.75, 3.05) is 6.54 Å². The molecule has 0 spiro atoms. The van der Waals surface area contributed by atoms with Crippen molar-refractivity contribution in [3.63, 3.8) is 0 Å². The van der Waals surface area contributed by atoms with Gasteiger partial charge in [-0.25, -0.2) is 8.42 Å². The minimum absolute atomic E-state index is 0.0126. The molecule has 29 heavy (non-hydrogen) atoms. The summed E-state index contributed by atoms with van der Waals surface area (Å²) in [6, 6.07) is 14.2. The van der Waals surface area contributed by atoms with Crippen LogP contribution in [0.2, 0.25) is 10.0 Å². The molecule has 0 amide bonds. The average Bonchev–Trinajstić information content (AvgIpc) is 3.14. The lowest BCUT2D eigenvalue weighted by Crippen LogP contribution is -2.36. The molecule has 3 nitrogen and oxygen atoms in total. The summed E-state index contributed by atoms with van der Waals surface area (Å²) in [5.74, 6) is -0.0126. The molecule has 6 heteroatoms. The number of fused-ring (bicyclic) bond motifs is 1. The first-order valence-corrected chi connectivity index (χ1v) is 12.1. The summed E-state index contributed by atoms with van der Waals surface area (Å²) in [7, 11) is -3.56. The Kier molecular flexibility index (Phi) is 6.16. The Balaban J connectivity index is 1.72. The van der Waals surface area contributed by atoms with Gasteiger partial charge in [0.1, 0.15) is 0 Å². The predicted octanol–water partition coefficient (Wildman–Crippen LogP) is 6.21. The van der Waals surface area contributed by atoms with Gasteiger partial charge in [-0.05, 0) is 54.7 Å². The maximum atomic E-state index is 13.4. The molecular formula is C23H23Cl2NO2S. The standard InChI is InChI=1S/C23H23Cl2NO2S/c24-22-13-12-17(15-23(22)25)21-11-7-2-1-4-8-19-14-18(21)16-26(19)29(27,28)20-9-5-3-6-10-20/h3,5-7,9-15,19,21H,1-2,4,8,16H2/b11-7-. The lowest BCUT2D eigenvalue weighted by molar-refractivity contribution is 0.383. The third-order valence-corrected chi connectivity index (χ3v) is 8.24. The summed E-state index contributed by atoms with van der Waals surface area (Å²) in [6.45, 7) is 0.386. The first-order valence-electron chi connectivity index (χ1n) is 9.86. The van der Waals surface area contributed by atoms with Gasteiger partial charge in [0.25, 0.3) is 0 Å². The molecule has 1 aliphatic heterocycles. The van der Waals surface area contributed by atoms with E-state index >= 15 is 0 Å². The Morgan fingerprint density at radius 2 is 1.76 bits per heavy atom. The smallest absolute Gasteiger partial charge is 0.207 e. The first-order chi connectivity index (χ1) is 14.0. The average molecular weight is 448 g/mol. The molecule has 0 radical (unpaired) electrons. The molecule has 0 aromatic heterocycles. The third-order valence-electron chi connectivity index (χ3n) is 5.62. The van der Waals surface area contributed by atoms with Gasteiger partial charge in [0.15, 0.2) is 0 Å². The minimum Gasteiger partial charge on any atom is -0.207 e. The zero-order chi connectivity index (χ0) is 20.4. The molecule has 0 fully saturated rings. The van der Waals surface area contributed by atoms with E-state index in [-0.39, 0.29) is 12.0 Å². The Morgan fingerprint density at radius 1 is 0.966 bits per heavy atom. The molecular weight excluding hydrogens is 425 g/mol.